The molecule has 0 aromatic heterocycles. The molecule has 0 aliphatic carbocycles. The van der Waals surface area contributed by atoms with E-state index in [1.54, 1.807) is 0 Å². The third-order valence-electron chi connectivity index (χ3n) is 1.41. The molecule has 2 N–H and O–H groups in total. The molecule has 0 radical (unpaired) electrons. The molecule has 0 aromatic rings. The first-order chi connectivity index (χ1) is 5.56. The van der Waals surface area contributed by atoms with Gasteiger partial charge in [0.15, 0.2) is 0 Å². The molecule has 0 aliphatic rings. The summed E-state index contributed by atoms with van der Waals surface area (Å²) in [7, 11) is -1.03. The smallest absolute Gasteiger partial charge is 0.210 e. The van der Waals surface area contributed by atoms with Gasteiger partial charge >= 0.3 is 0 Å². The highest BCUT2D eigenvalue weighted by atomic mass is 28.3. The molecule has 0 saturated carbocycles. The van der Waals surface area contributed by atoms with E-state index >= 15 is 0 Å². The summed E-state index contributed by atoms with van der Waals surface area (Å²) in [5.74, 6) is 0. The van der Waals surface area contributed by atoms with Crippen LogP contribution in [0.25, 0.3) is 0 Å². The lowest BCUT2D eigenvalue weighted by Gasteiger charge is -2.19. The molecule has 72 valence electrons. The first-order valence-corrected chi connectivity index (χ1v) is 6.53. The SMILES string of the molecule is CC=C[SiH](NC(C)C)NC(C)C. The minimum absolute atomic E-state index is 0.573. The minimum Gasteiger partial charge on any atom is -0.323 e. The zero-order chi connectivity index (χ0) is 9.56. The van der Waals surface area contributed by atoms with Crippen molar-refractivity contribution in [3.8, 4) is 0 Å². The molecule has 12 heavy (non-hydrogen) atoms. The van der Waals surface area contributed by atoms with Crippen molar-refractivity contribution in [3.05, 3.63) is 11.8 Å². The summed E-state index contributed by atoms with van der Waals surface area (Å²) in [4.78, 5) is 7.11. The number of allylic oxidation sites excluding steroid dienone is 1. The summed E-state index contributed by atoms with van der Waals surface area (Å²) < 4.78 is 0. The first kappa shape index (κ1) is 11.9. The standard InChI is InChI=1S/C9H22N2Si/c1-6-7-12(10-8(2)3)11-9(4)5/h6-12H,1-5H3. The van der Waals surface area contributed by atoms with Crippen LogP contribution in [-0.4, -0.2) is 21.2 Å². The van der Waals surface area contributed by atoms with E-state index in [0.29, 0.717) is 12.1 Å². The lowest BCUT2D eigenvalue weighted by Crippen LogP contribution is -2.51. The second-order valence-electron chi connectivity index (χ2n) is 3.65. The minimum atomic E-state index is -1.03. The predicted molar refractivity (Wildman–Crippen MR) is 58.5 cm³/mol. The maximum absolute atomic E-state index is 3.55. The third kappa shape index (κ3) is 6.58. The van der Waals surface area contributed by atoms with Gasteiger partial charge in [0.05, 0.1) is 0 Å². The van der Waals surface area contributed by atoms with E-state index in [9.17, 15) is 0 Å². The van der Waals surface area contributed by atoms with E-state index in [1.165, 1.54) is 0 Å². The molecule has 0 unspecified atom stereocenters. The van der Waals surface area contributed by atoms with Crippen LogP contribution in [0, 0.1) is 0 Å². The molecule has 0 amide bonds. The van der Waals surface area contributed by atoms with Crippen LogP contribution in [0.2, 0.25) is 0 Å². The number of rotatable bonds is 5. The summed E-state index contributed by atoms with van der Waals surface area (Å²) in [6, 6.07) is 1.15. The van der Waals surface area contributed by atoms with Crippen LogP contribution >= 0.6 is 0 Å². The van der Waals surface area contributed by atoms with Crippen molar-refractivity contribution in [1.82, 2.24) is 9.96 Å². The largest absolute Gasteiger partial charge is 0.323 e. The Morgan fingerprint density at radius 3 is 1.67 bits per heavy atom. The molecule has 2 nitrogen and oxygen atoms in total. The van der Waals surface area contributed by atoms with Gasteiger partial charge < -0.3 is 9.96 Å². The van der Waals surface area contributed by atoms with Crippen LogP contribution in [0.3, 0.4) is 0 Å². The summed E-state index contributed by atoms with van der Waals surface area (Å²) in [5.41, 5.74) is 2.28. The predicted octanol–water partition coefficient (Wildman–Crippen LogP) is 1.32. The van der Waals surface area contributed by atoms with Crippen molar-refractivity contribution >= 4 is 9.12 Å². The van der Waals surface area contributed by atoms with E-state index in [0.717, 1.165) is 0 Å². The van der Waals surface area contributed by atoms with Crippen molar-refractivity contribution in [2.45, 2.75) is 46.7 Å². The van der Waals surface area contributed by atoms with Gasteiger partial charge in [0.25, 0.3) is 0 Å². The maximum atomic E-state index is 3.55. The van der Waals surface area contributed by atoms with Crippen LogP contribution in [0.1, 0.15) is 34.6 Å². The molecule has 0 spiro atoms. The highest BCUT2D eigenvalue weighted by molar-refractivity contribution is 6.59. The molecule has 0 bridgehead atoms. The number of hydrogen-bond donors (Lipinski definition) is 2. The quantitative estimate of drug-likeness (QED) is 0.633. The topological polar surface area (TPSA) is 24.1 Å². The maximum Gasteiger partial charge on any atom is 0.210 e. The van der Waals surface area contributed by atoms with Gasteiger partial charge in [0.2, 0.25) is 9.12 Å². The van der Waals surface area contributed by atoms with Crippen LogP contribution in [0.15, 0.2) is 11.8 Å². The second kappa shape index (κ2) is 6.40. The fraction of sp³-hybridized carbons (Fsp3) is 0.778. The van der Waals surface area contributed by atoms with Crippen molar-refractivity contribution in [1.29, 1.82) is 0 Å². The summed E-state index contributed by atoms with van der Waals surface area (Å²) in [6.07, 6.45) is 2.13. The van der Waals surface area contributed by atoms with Gasteiger partial charge in [-0.3, -0.25) is 0 Å². The third-order valence-corrected chi connectivity index (χ3v) is 4.23. The molecule has 0 fully saturated rings. The fourth-order valence-electron chi connectivity index (χ4n) is 1.07. The molecular formula is C9H22N2Si. The molecule has 0 heterocycles. The lowest BCUT2D eigenvalue weighted by atomic mass is 10.4. The summed E-state index contributed by atoms with van der Waals surface area (Å²) in [5, 5.41) is 0. The van der Waals surface area contributed by atoms with Gasteiger partial charge in [-0.15, -0.1) is 0 Å². The molecule has 0 aliphatic heterocycles. The number of nitrogens with one attached hydrogen (secondary N) is 2. The molecule has 0 atom stereocenters. The molecule has 0 rings (SSSR count). The van der Waals surface area contributed by atoms with Gasteiger partial charge in [0.1, 0.15) is 0 Å². The highest BCUT2D eigenvalue weighted by Gasteiger charge is 2.08. The summed E-state index contributed by atoms with van der Waals surface area (Å²) in [6.45, 7) is 10.8. The van der Waals surface area contributed by atoms with Crippen molar-refractivity contribution in [2.24, 2.45) is 0 Å². The van der Waals surface area contributed by atoms with E-state index in [4.69, 9.17) is 0 Å². The average molecular weight is 186 g/mol. The Morgan fingerprint density at radius 2 is 1.42 bits per heavy atom. The van der Waals surface area contributed by atoms with E-state index in [-0.39, 0.29) is 0 Å². The van der Waals surface area contributed by atoms with Crippen molar-refractivity contribution in [2.75, 3.05) is 0 Å². The van der Waals surface area contributed by atoms with Crippen LogP contribution < -0.4 is 9.96 Å². The van der Waals surface area contributed by atoms with Gasteiger partial charge in [0, 0.05) is 0 Å². The zero-order valence-electron chi connectivity index (χ0n) is 8.89. The van der Waals surface area contributed by atoms with E-state index in [2.05, 4.69) is 56.4 Å². The van der Waals surface area contributed by atoms with Crippen molar-refractivity contribution < 1.29 is 0 Å². The van der Waals surface area contributed by atoms with Gasteiger partial charge in [-0.05, 0) is 19.0 Å². The Kier molecular flexibility index (Phi) is 6.33. The van der Waals surface area contributed by atoms with Crippen LogP contribution in [0.5, 0.6) is 0 Å². The highest BCUT2D eigenvalue weighted by Crippen LogP contribution is 1.85. The van der Waals surface area contributed by atoms with Crippen LogP contribution in [-0.2, 0) is 0 Å². The zero-order valence-corrected chi connectivity index (χ0v) is 10.0. The molecule has 3 heteroatoms. The van der Waals surface area contributed by atoms with E-state index < -0.39 is 9.12 Å². The fourth-order valence-corrected chi connectivity index (χ4v) is 3.21. The first-order valence-electron chi connectivity index (χ1n) is 4.71. The second-order valence-corrected chi connectivity index (χ2v) is 5.65. The van der Waals surface area contributed by atoms with E-state index in [1.807, 2.05) is 0 Å². The molecule has 0 aromatic carbocycles. The summed E-state index contributed by atoms with van der Waals surface area (Å²) >= 11 is 0. The van der Waals surface area contributed by atoms with Gasteiger partial charge in [-0.25, -0.2) is 0 Å². The number of hydrogen-bond acceptors (Lipinski definition) is 2. The Morgan fingerprint density at radius 1 is 1.00 bits per heavy atom. The monoisotopic (exact) mass is 186 g/mol. The average Bonchev–Trinajstić information content (AvgIpc) is 1.84. The molecule has 0 saturated heterocycles. The lowest BCUT2D eigenvalue weighted by molar-refractivity contribution is 0.688. The van der Waals surface area contributed by atoms with Crippen LogP contribution in [0.4, 0.5) is 0 Å². The van der Waals surface area contributed by atoms with Gasteiger partial charge in [-0.2, -0.15) is 0 Å². The van der Waals surface area contributed by atoms with Crippen molar-refractivity contribution in [3.63, 3.8) is 0 Å². The Balaban J connectivity index is 3.86. The van der Waals surface area contributed by atoms with Gasteiger partial charge in [-0.1, -0.05) is 39.5 Å². The Labute approximate surface area is 78.2 Å². The Bertz CT molecular complexity index is 122. The normalized spacial score (nSPS) is 12.7. The molecular weight excluding hydrogens is 164 g/mol. The Hall–Kier alpha value is -0.123.